The zero-order valence-corrected chi connectivity index (χ0v) is 25.8. The van der Waals surface area contributed by atoms with Crippen molar-refractivity contribution in [3.63, 3.8) is 0 Å². The highest BCUT2D eigenvalue weighted by atomic mass is 35.5. The minimum absolute atomic E-state index is 0.0154. The maximum absolute atomic E-state index is 14.2. The second kappa shape index (κ2) is 15.3. The molecule has 0 aliphatic heterocycles. The van der Waals surface area contributed by atoms with Crippen molar-refractivity contribution < 1.29 is 46.8 Å². The first kappa shape index (κ1) is 36.2. The fraction of sp³-hybridized carbons (Fsp3) is 0.152. The molecular weight excluding hydrogens is 667 g/mol. The molecule has 47 heavy (non-hydrogen) atoms. The third-order valence-corrected chi connectivity index (χ3v) is 6.88. The predicted octanol–water partition coefficient (Wildman–Crippen LogP) is 8.62. The van der Waals surface area contributed by atoms with Crippen LogP contribution in [0.3, 0.4) is 0 Å². The van der Waals surface area contributed by atoms with Gasteiger partial charge in [-0.25, -0.2) is 14.0 Å². The number of benzene rings is 4. The van der Waals surface area contributed by atoms with Gasteiger partial charge in [-0.05, 0) is 74.5 Å². The Morgan fingerprint density at radius 3 is 1.60 bits per heavy atom. The summed E-state index contributed by atoms with van der Waals surface area (Å²) in [5.41, 5.74) is 0.258. The number of carbonyl (C=O) groups is 2. The summed E-state index contributed by atoms with van der Waals surface area (Å²) in [5, 5.41) is 36.8. The Kier molecular flexibility index (Phi) is 11.8. The van der Waals surface area contributed by atoms with Crippen molar-refractivity contribution in [3.05, 3.63) is 105 Å². The molecule has 0 bridgehead atoms. The van der Waals surface area contributed by atoms with E-state index in [2.05, 4.69) is 0 Å². The molecule has 0 unspecified atom stereocenters. The number of carboxylic acids is 2. The number of nitrogens with zero attached hydrogens (tertiary/aromatic N) is 2. The van der Waals surface area contributed by atoms with Crippen LogP contribution in [0, 0.1) is 28.5 Å². The molecule has 4 aromatic carbocycles. The van der Waals surface area contributed by atoms with E-state index in [0.717, 1.165) is 6.07 Å². The third kappa shape index (κ3) is 9.36. The monoisotopic (exact) mass is 688 g/mol. The van der Waals surface area contributed by atoms with E-state index in [1.807, 2.05) is 12.1 Å². The maximum Gasteiger partial charge on any atom is 0.416 e. The molecule has 4 rings (SSSR count). The van der Waals surface area contributed by atoms with E-state index in [0.29, 0.717) is 44.6 Å². The van der Waals surface area contributed by atoms with Crippen LogP contribution in [0.25, 0.3) is 22.3 Å². The van der Waals surface area contributed by atoms with Crippen LogP contribution in [-0.2, 0) is 15.8 Å². The van der Waals surface area contributed by atoms with Gasteiger partial charge in [0.1, 0.15) is 17.3 Å². The van der Waals surface area contributed by atoms with Crippen molar-refractivity contribution >= 4 is 35.1 Å². The number of hydrogen-bond acceptors (Lipinski definition) is 6. The number of halogens is 6. The minimum atomic E-state index is -4.70. The van der Waals surface area contributed by atoms with Gasteiger partial charge in [0, 0.05) is 27.3 Å². The van der Waals surface area contributed by atoms with Crippen LogP contribution in [0.2, 0.25) is 10.0 Å². The molecule has 242 valence electrons. The molecule has 0 fully saturated rings. The molecule has 14 heteroatoms. The highest BCUT2D eigenvalue weighted by Gasteiger charge is 2.31. The Bertz CT molecular complexity index is 1900. The lowest BCUT2D eigenvalue weighted by Crippen LogP contribution is -2.23. The zero-order chi connectivity index (χ0) is 35.1. The standard InChI is InChI=1S/C17H11F4NO3.C16H11Cl2NO3/c1-9(16(23)24)25-15-5-2-10(8-22)6-13(15)12-4-3-11(7-14(12)18)17(19,20)21;1-9(16(20)21)22-15-5-2-10(8-19)6-13(15)12-4-3-11(17)7-14(12)18/h2-7,9H,1H3,(H,23,24);2-7,9H,1H3,(H,20,21)/t2*9-/m00/s1. The van der Waals surface area contributed by atoms with Gasteiger partial charge >= 0.3 is 18.1 Å². The first-order valence-corrected chi connectivity index (χ1v) is 14.0. The van der Waals surface area contributed by atoms with E-state index in [-0.39, 0.29) is 22.4 Å². The Hall–Kier alpha value is -5.30. The molecule has 0 radical (unpaired) electrons. The summed E-state index contributed by atoms with van der Waals surface area (Å²) < 4.78 is 62.9. The first-order chi connectivity index (χ1) is 22.0. The van der Waals surface area contributed by atoms with Crippen LogP contribution < -0.4 is 9.47 Å². The average Bonchev–Trinajstić information content (AvgIpc) is 3.01. The molecule has 0 aromatic heterocycles. The number of nitriles is 2. The molecule has 2 N–H and O–H groups in total. The Balaban J connectivity index is 0.000000257. The number of carboxylic acid groups (broad SMARTS) is 2. The van der Waals surface area contributed by atoms with Gasteiger partial charge in [0.05, 0.1) is 33.9 Å². The molecule has 0 heterocycles. The van der Waals surface area contributed by atoms with Crippen LogP contribution in [0.1, 0.15) is 30.5 Å². The largest absolute Gasteiger partial charge is 0.479 e. The third-order valence-electron chi connectivity index (χ3n) is 6.33. The van der Waals surface area contributed by atoms with Gasteiger partial charge in [-0.2, -0.15) is 23.7 Å². The molecule has 2 atom stereocenters. The molecule has 0 saturated carbocycles. The van der Waals surface area contributed by atoms with Gasteiger partial charge in [-0.1, -0.05) is 35.3 Å². The van der Waals surface area contributed by atoms with Crippen LogP contribution in [0.4, 0.5) is 17.6 Å². The van der Waals surface area contributed by atoms with Gasteiger partial charge in [-0.15, -0.1) is 0 Å². The zero-order valence-electron chi connectivity index (χ0n) is 24.3. The van der Waals surface area contributed by atoms with Crippen LogP contribution >= 0.6 is 23.2 Å². The highest BCUT2D eigenvalue weighted by molar-refractivity contribution is 6.36. The number of alkyl halides is 3. The Labute approximate surface area is 275 Å². The van der Waals surface area contributed by atoms with Crippen molar-refractivity contribution in [2.75, 3.05) is 0 Å². The van der Waals surface area contributed by atoms with Gasteiger partial charge in [0.2, 0.25) is 0 Å². The fourth-order valence-corrected chi connectivity index (χ4v) is 4.44. The Morgan fingerprint density at radius 1 is 0.723 bits per heavy atom. The number of ether oxygens (including phenoxy) is 2. The number of hydrogen-bond donors (Lipinski definition) is 2. The molecule has 4 aromatic rings. The number of aliphatic carboxylic acids is 2. The number of rotatable bonds is 8. The lowest BCUT2D eigenvalue weighted by Gasteiger charge is -2.16. The quantitative estimate of drug-likeness (QED) is 0.175. The van der Waals surface area contributed by atoms with E-state index in [4.69, 9.17) is 53.4 Å². The molecule has 0 aliphatic rings. The highest BCUT2D eigenvalue weighted by Crippen LogP contribution is 2.38. The summed E-state index contributed by atoms with van der Waals surface area (Å²) in [6.45, 7) is 2.67. The first-order valence-electron chi connectivity index (χ1n) is 13.3. The van der Waals surface area contributed by atoms with Crippen molar-refractivity contribution in [3.8, 4) is 45.9 Å². The van der Waals surface area contributed by atoms with Gasteiger partial charge in [-0.3, -0.25) is 0 Å². The molecule has 0 saturated heterocycles. The van der Waals surface area contributed by atoms with E-state index >= 15 is 0 Å². The molecular formula is C33H22Cl2F4N2O6. The van der Waals surface area contributed by atoms with Gasteiger partial charge in [0.15, 0.2) is 12.2 Å². The van der Waals surface area contributed by atoms with Crippen LogP contribution in [-0.4, -0.2) is 34.4 Å². The topological polar surface area (TPSA) is 141 Å². The van der Waals surface area contributed by atoms with E-state index < -0.39 is 41.7 Å². The summed E-state index contributed by atoms with van der Waals surface area (Å²) in [7, 11) is 0. The summed E-state index contributed by atoms with van der Waals surface area (Å²) >= 11 is 12.1. The average molecular weight is 689 g/mol. The van der Waals surface area contributed by atoms with Crippen molar-refractivity contribution in [2.45, 2.75) is 32.2 Å². The van der Waals surface area contributed by atoms with Crippen molar-refractivity contribution in [1.29, 1.82) is 10.5 Å². The second-order valence-electron chi connectivity index (χ2n) is 9.66. The maximum atomic E-state index is 14.2. The fourth-order valence-electron chi connectivity index (χ4n) is 3.93. The van der Waals surface area contributed by atoms with Crippen LogP contribution in [0.15, 0.2) is 72.8 Å². The minimum Gasteiger partial charge on any atom is -0.479 e. The lowest BCUT2D eigenvalue weighted by molar-refractivity contribution is -0.145. The lowest BCUT2D eigenvalue weighted by atomic mass is 10.00. The van der Waals surface area contributed by atoms with E-state index in [9.17, 15) is 27.2 Å². The SMILES string of the molecule is C[C@H](Oc1ccc(C#N)cc1-c1ccc(C(F)(F)F)cc1F)C(=O)O.C[C@H](Oc1ccc(C#N)cc1-c1ccc(Cl)cc1Cl)C(=O)O. The Morgan fingerprint density at radius 2 is 1.19 bits per heavy atom. The van der Waals surface area contributed by atoms with Gasteiger partial charge in [0.25, 0.3) is 0 Å². The summed E-state index contributed by atoms with van der Waals surface area (Å²) in [6.07, 6.45) is -7.01. The summed E-state index contributed by atoms with van der Waals surface area (Å²) in [6, 6.07) is 19.2. The molecule has 0 aliphatic carbocycles. The summed E-state index contributed by atoms with van der Waals surface area (Å²) in [4.78, 5) is 21.9. The second-order valence-corrected chi connectivity index (χ2v) is 10.5. The molecule has 8 nitrogen and oxygen atoms in total. The predicted molar refractivity (Wildman–Crippen MR) is 164 cm³/mol. The van der Waals surface area contributed by atoms with Gasteiger partial charge < -0.3 is 19.7 Å². The van der Waals surface area contributed by atoms with Crippen LogP contribution in [0.5, 0.6) is 11.5 Å². The normalized spacial score (nSPS) is 12.0. The van der Waals surface area contributed by atoms with Crippen molar-refractivity contribution in [1.82, 2.24) is 0 Å². The van der Waals surface area contributed by atoms with E-state index in [1.165, 1.54) is 32.0 Å². The molecule has 0 spiro atoms. The van der Waals surface area contributed by atoms with Crippen molar-refractivity contribution in [2.24, 2.45) is 0 Å². The molecule has 0 amide bonds. The smallest absolute Gasteiger partial charge is 0.416 e. The summed E-state index contributed by atoms with van der Waals surface area (Å²) in [5.74, 6) is -3.26. The van der Waals surface area contributed by atoms with E-state index in [1.54, 1.807) is 36.4 Å².